The minimum absolute atomic E-state index is 0. The molecular weight excluding hydrogens is 553 g/mol. The van der Waals surface area contributed by atoms with E-state index in [1.54, 1.807) is 19.2 Å². The van der Waals surface area contributed by atoms with Gasteiger partial charge >= 0.3 is 0 Å². The molecule has 8 nitrogen and oxygen atoms in total. The molecule has 0 unspecified atom stereocenters. The van der Waals surface area contributed by atoms with Crippen LogP contribution in [0.4, 0.5) is 0 Å². The van der Waals surface area contributed by atoms with Crippen molar-refractivity contribution in [2.24, 2.45) is 4.99 Å². The quantitative estimate of drug-likeness (QED) is 0.199. The number of nitrogens with one attached hydrogen (secondary N) is 1. The average molecular weight is 578 g/mol. The van der Waals surface area contributed by atoms with Crippen LogP contribution in [0.2, 0.25) is 5.02 Å². The van der Waals surface area contributed by atoms with Crippen molar-refractivity contribution in [3.63, 3.8) is 0 Å². The molecule has 1 N–H and O–H groups in total. The SMILES string of the molecule is CN=C(NCCc1nc(-c2ccc(Cl)cc2)no1)N(C)Cc1cnn(-c2ccccc2)c1.I. The lowest BCUT2D eigenvalue weighted by molar-refractivity contribution is 0.377. The lowest BCUT2D eigenvalue weighted by atomic mass is 10.2. The molecule has 0 saturated heterocycles. The topological polar surface area (TPSA) is 84.4 Å². The van der Waals surface area contributed by atoms with Gasteiger partial charge in [-0.15, -0.1) is 24.0 Å². The van der Waals surface area contributed by atoms with Gasteiger partial charge in [-0.1, -0.05) is 35.0 Å². The van der Waals surface area contributed by atoms with Crippen LogP contribution in [0.3, 0.4) is 0 Å². The molecule has 0 atom stereocenters. The standard InChI is InChI=1S/C23H24ClN7O.HI/c1-25-23(30(2)15-17-14-27-31(16-17)20-6-4-3-5-7-20)26-13-12-21-28-22(29-32-21)18-8-10-19(24)11-9-18;/h3-11,14,16H,12-13,15H2,1-2H3,(H,25,26);1H. The first kappa shape index (κ1) is 24.7. The minimum atomic E-state index is 0. The molecule has 0 aliphatic heterocycles. The maximum Gasteiger partial charge on any atom is 0.228 e. The van der Waals surface area contributed by atoms with E-state index in [-0.39, 0.29) is 24.0 Å². The molecule has 2 aromatic heterocycles. The Hall–Kier alpha value is -2.92. The summed E-state index contributed by atoms with van der Waals surface area (Å²) in [5, 5.41) is 12.5. The van der Waals surface area contributed by atoms with Crippen molar-refractivity contribution >= 4 is 41.5 Å². The summed E-state index contributed by atoms with van der Waals surface area (Å²) in [6, 6.07) is 17.4. The summed E-state index contributed by atoms with van der Waals surface area (Å²) in [5.74, 6) is 1.88. The second-order valence-electron chi connectivity index (χ2n) is 7.23. The number of aliphatic imine (C=N–C) groups is 1. The van der Waals surface area contributed by atoms with E-state index in [0.717, 1.165) is 22.8 Å². The molecule has 10 heteroatoms. The fourth-order valence-electron chi connectivity index (χ4n) is 3.25. The number of guanidine groups is 1. The number of benzene rings is 2. The minimum Gasteiger partial charge on any atom is -0.356 e. The Morgan fingerprint density at radius 3 is 2.64 bits per heavy atom. The van der Waals surface area contributed by atoms with Crippen molar-refractivity contribution in [2.45, 2.75) is 13.0 Å². The van der Waals surface area contributed by atoms with Gasteiger partial charge in [0.15, 0.2) is 5.96 Å². The molecule has 0 aliphatic carbocycles. The van der Waals surface area contributed by atoms with Gasteiger partial charge in [-0.2, -0.15) is 10.1 Å². The van der Waals surface area contributed by atoms with E-state index in [0.29, 0.717) is 36.2 Å². The molecule has 0 bridgehead atoms. The second-order valence-corrected chi connectivity index (χ2v) is 7.66. The zero-order chi connectivity index (χ0) is 22.3. The van der Waals surface area contributed by atoms with Crippen molar-refractivity contribution < 1.29 is 4.52 Å². The van der Waals surface area contributed by atoms with E-state index >= 15 is 0 Å². The maximum absolute atomic E-state index is 5.93. The normalized spacial score (nSPS) is 11.2. The molecule has 0 fully saturated rings. The van der Waals surface area contributed by atoms with E-state index in [2.05, 4.69) is 25.5 Å². The summed E-state index contributed by atoms with van der Waals surface area (Å²) in [7, 11) is 3.75. The van der Waals surface area contributed by atoms with Crippen molar-refractivity contribution in [2.75, 3.05) is 20.6 Å². The second kappa shape index (κ2) is 11.8. The summed E-state index contributed by atoms with van der Waals surface area (Å²) < 4.78 is 7.24. The lowest BCUT2D eigenvalue weighted by Gasteiger charge is -2.21. The number of aromatic nitrogens is 4. The molecule has 4 rings (SSSR count). The molecule has 2 aromatic carbocycles. The van der Waals surface area contributed by atoms with Crippen molar-refractivity contribution in [3.05, 3.63) is 83.5 Å². The van der Waals surface area contributed by atoms with Gasteiger partial charge in [-0.25, -0.2) is 4.68 Å². The maximum atomic E-state index is 5.93. The van der Waals surface area contributed by atoms with Gasteiger partial charge in [-0.3, -0.25) is 4.99 Å². The Labute approximate surface area is 214 Å². The molecule has 0 saturated carbocycles. The van der Waals surface area contributed by atoms with Gasteiger partial charge in [0, 0.05) is 56.0 Å². The van der Waals surface area contributed by atoms with Crippen LogP contribution in [-0.4, -0.2) is 51.4 Å². The third-order valence-corrected chi connectivity index (χ3v) is 5.09. The average Bonchev–Trinajstić information content (AvgIpc) is 3.48. The van der Waals surface area contributed by atoms with Gasteiger partial charge in [0.05, 0.1) is 11.9 Å². The number of hydrogen-bond donors (Lipinski definition) is 1. The third-order valence-electron chi connectivity index (χ3n) is 4.84. The van der Waals surface area contributed by atoms with Crippen LogP contribution in [0.5, 0.6) is 0 Å². The lowest BCUT2D eigenvalue weighted by Crippen LogP contribution is -2.39. The van der Waals surface area contributed by atoms with Crippen molar-refractivity contribution in [1.29, 1.82) is 0 Å². The zero-order valence-electron chi connectivity index (χ0n) is 18.3. The van der Waals surface area contributed by atoms with Crippen molar-refractivity contribution in [3.8, 4) is 17.1 Å². The molecule has 0 spiro atoms. The molecule has 2 heterocycles. The molecule has 0 aliphatic rings. The highest BCUT2D eigenvalue weighted by Gasteiger charge is 2.11. The summed E-state index contributed by atoms with van der Waals surface area (Å²) in [6.45, 7) is 1.29. The van der Waals surface area contributed by atoms with Gasteiger partial charge < -0.3 is 14.7 Å². The van der Waals surface area contributed by atoms with Crippen LogP contribution in [0, 0.1) is 0 Å². The molecule has 0 amide bonds. The number of halogens is 2. The van der Waals surface area contributed by atoms with Crippen LogP contribution in [-0.2, 0) is 13.0 Å². The highest BCUT2D eigenvalue weighted by atomic mass is 127. The molecule has 4 aromatic rings. The highest BCUT2D eigenvalue weighted by Crippen LogP contribution is 2.18. The van der Waals surface area contributed by atoms with Crippen molar-refractivity contribution in [1.82, 2.24) is 30.1 Å². The Balaban J connectivity index is 0.00000306. The summed E-state index contributed by atoms with van der Waals surface area (Å²) in [6.07, 6.45) is 4.47. The number of para-hydroxylation sites is 1. The Morgan fingerprint density at radius 1 is 1.15 bits per heavy atom. The predicted octanol–water partition coefficient (Wildman–Crippen LogP) is 4.44. The summed E-state index contributed by atoms with van der Waals surface area (Å²) in [4.78, 5) is 10.9. The van der Waals surface area contributed by atoms with Gasteiger partial charge in [-0.05, 0) is 36.4 Å². The Kier molecular flexibility index (Phi) is 8.84. The predicted molar refractivity (Wildman–Crippen MR) is 140 cm³/mol. The summed E-state index contributed by atoms with van der Waals surface area (Å²) >= 11 is 5.93. The highest BCUT2D eigenvalue weighted by molar-refractivity contribution is 14.0. The van der Waals surface area contributed by atoms with Crippen LogP contribution >= 0.6 is 35.6 Å². The van der Waals surface area contributed by atoms with E-state index in [4.69, 9.17) is 16.1 Å². The fourth-order valence-corrected chi connectivity index (χ4v) is 3.38. The Morgan fingerprint density at radius 2 is 1.91 bits per heavy atom. The van der Waals surface area contributed by atoms with E-state index < -0.39 is 0 Å². The number of rotatable bonds is 7. The van der Waals surface area contributed by atoms with Gasteiger partial charge in [0.1, 0.15) is 0 Å². The molecular formula is C23H25ClIN7O. The summed E-state index contributed by atoms with van der Waals surface area (Å²) in [5.41, 5.74) is 2.98. The molecule has 172 valence electrons. The van der Waals surface area contributed by atoms with Gasteiger partial charge in [0.2, 0.25) is 11.7 Å². The Bertz CT molecular complexity index is 1180. The van der Waals surface area contributed by atoms with Crippen LogP contribution in [0.1, 0.15) is 11.5 Å². The zero-order valence-corrected chi connectivity index (χ0v) is 21.4. The van der Waals surface area contributed by atoms with Crippen LogP contribution in [0.25, 0.3) is 17.1 Å². The monoisotopic (exact) mass is 577 g/mol. The third kappa shape index (κ3) is 6.55. The molecule has 33 heavy (non-hydrogen) atoms. The van der Waals surface area contributed by atoms with Gasteiger partial charge in [0.25, 0.3) is 0 Å². The van der Waals surface area contributed by atoms with E-state index in [1.165, 1.54) is 0 Å². The first-order valence-corrected chi connectivity index (χ1v) is 10.6. The van der Waals surface area contributed by atoms with E-state index in [1.807, 2.05) is 71.5 Å². The van der Waals surface area contributed by atoms with E-state index in [9.17, 15) is 0 Å². The largest absolute Gasteiger partial charge is 0.356 e. The number of nitrogens with zero attached hydrogens (tertiary/aromatic N) is 6. The fraction of sp³-hybridized carbons (Fsp3) is 0.217. The van der Waals surface area contributed by atoms with Crippen LogP contribution < -0.4 is 5.32 Å². The number of hydrogen-bond acceptors (Lipinski definition) is 5. The molecule has 0 radical (unpaired) electrons. The first-order chi connectivity index (χ1) is 15.6. The van der Waals surface area contributed by atoms with Crippen LogP contribution in [0.15, 0.2) is 76.5 Å². The first-order valence-electron chi connectivity index (χ1n) is 10.2. The smallest absolute Gasteiger partial charge is 0.228 e.